The van der Waals surface area contributed by atoms with E-state index < -0.39 is 11.6 Å². The monoisotopic (exact) mass is 383 g/mol. The zero-order valence-corrected chi connectivity index (χ0v) is 18.2. The first-order valence-corrected chi connectivity index (χ1v) is 10.8. The van der Waals surface area contributed by atoms with Gasteiger partial charge < -0.3 is 15.2 Å². The molecule has 5 heteroatoms. The van der Waals surface area contributed by atoms with E-state index in [2.05, 4.69) is 12.2 Å². The molecule has 2 fully saturated rings. The molecule has 0 bridgehead atoms. The highest BCUT2D eigenvalue weighted by atomic mass is 16.6. The van der Waals surface area contributed by atoms with Crippen LogP contribution in [0.3, 0.4) is 0 Å². The van der Waals surface area contributed by atoms with E-state index in [1.807, 2.05) is 27.7 Å². The Morgan fingerprint density at radius 3 is 1.70 bits per heavy atom. The number of carboxylic acid groups (broad SMARTS) is 1. The Balaban J connectivity index is 0.000000289. The van der Waals surface area contributed by atoms with Crippen molar-refractivity contribution in [1.29, 1.82) is 0 Å². The van der Waals surface area contributed by atoms with Crippen molar-refractivity contribution in [2.24, 2.45) is 5.41 Å². The molecule has 0 aromatic rings. The Morgan fingerprint density at radius 2 is 1.37 bits per heavy atom. The molecule has 2 rings (SSSR count). The Hall–Kier alpha value is -1.26. The van der Waals surface area contributed by atoms with E-state index in [1.165, 1.54) is 25.7 Å². The van der Waals surface area contributed by atoms with Crippen LogP contribution in [0.5, 0.6) is 0 Å². The third-order valence-electron chi connectivity index (χ3n) is 6.19. The fourth-order valence-corrected chi connectivity index (χ4v) is 4.26. The summed E-state index contributed by atoms with van der Waals surface area (Å²) in [5.74, 6) is -0.584. The molecule has 158 valence electrons. The van der Waals surface area contributed by atoms with Gasteiger partial charge >= 0.3 is 12.1 Å². The Kier molecular flexibility index (Phi) is 9.10. The molecule has 1 amide bonds. The van der Waals surface area contributed by atoms with Crippen molar-refractivity contribution in [2.75, 3.05) is 0 Å². The number of alkyl carbamates (subject to hydrolysis) is 1. The van der Waals surface area contributed by atoms with E-state index >= 15 is 0 Å². The molecular formula is C22H41NO4. The largest absolute Gasteiger partial charge is 0.481 e. The summed E-state index contributed by atoms with van der Waals surface area (Å²) in [5, 5.41) is 12.1. The predicted molar refractivity (Wildman–Crippen MR) is 109 cm³/mol. The first-order valence-electron chi connectivity index (χ1n) is 10.8. The van der Waals surface area contributed by atoms with E-state index in [0.717, 1.165) is 51.4 Å². The molecule has 0 aliphatic heterocycles. The maximum atomic E-state index is 11.8. The van der Waals surface area contributed by atoms with Crippen LogP contribution < -0.4 is 5.32 Å². The van der Waals surface area contributed by atoms with Crippen molar-refractivity contribution in [3.63, 3.8) is 0 Å². The highest BCUT2D eigenvalue weighted by Crippen LogP contribution is 2.39. The number of aliphatic carboxylic acids is 1. The second-order valence-electron chi connectivity index (χ2n) is 9.32. The number of carboxylic acids is 1. The van der Waals surface area contributed by atoms with E-state index in [-0.39, 0.29) is 17.0 Å². The minimum atomic E-state index is -0.584. The normalized spacial score (nSPS) is 21.4. The van der Waals surface area contributed by atoms with Gasteiger partial charge in [0.2, 0.25) is 0 Å². The maximum Gasteiger partial charge on any atom is 0.408 e. The molecule has 0 radical (unpaired) electrons. The van der Waals surface area contributed by atoms with Crippen LogP contribution in [0.2, 0.25) is 0 Å². The lowest BCUT2D eigenvalue weighted by Crippen LogP contribution is -2.50. The van der Waals surface area contributed by atoms with Crippen molar-refractivity contribution in [2.45, 2.75) is 123 Å². The van der Waals surface area contributed by atoms with Gasteiger partial charge in [-0.1, -0.05) is 52.4 Å². The molecule has 0 aromatic heterocycles. The van der Waals surface area contributed by atoms with Crippen LogP contribution in [0.1, 0.15) is 112 Å². The molecule has 0 aromatic carbocycles. The highest BCUT2D eigenvalue weighted by molar-refractivity contribution is 5.74. The van der Waals surface area contributed by atoms with Crippen LogP contribution in [-0.2, 0) is 9.53 Å². The van der Waals surface area contributed by atoms with Gasteiger partial charge in [0, 0.05) is 5.54 Å². The SMILES string of the molecule is CCC1(C(=O)O)CCCCC1.CCC1(NC(=O)OC(C)(C)C)CCCCC1. The van der Waals surface area contributed by atoms with Crippen molar-refractivity contribution in [3.05, 3.63) is 0 Å². The van der Waals surface area contributed by atoms with Gasteiger partial charge in [-0.15, -0.1) is 0 Å². The molecule has 0 unspecified atom stereocenters. The Bertz CT molecular complexity index is 469. The molecule has 2 saturated carbocycles. The highest BCUT2D eigenvalue weighted by Gasteiger charge is 2.37. The van der Waals surface area contributed by atoms with Crippen LogP contribution in [-0.4, -0.2) is 28.3 Å². The molecule has 0 heterocycles. The van der Waals surface area contributed by atoms with E-state index in [9.17, 15) is 9.59 Å². The van der Waals surface area contributed by atoms with Crippen LogP contribution in [0.25, 0.3) is 0 Å². The summed E-state index contributed by atoms with van der Waals surface area (Å²) in [4.78, 5) is 22.7. The van der Waals surface area contributed by atoms with E-state index in [4.69, 9.17) is 9.84 Å². The summed E-state index contributed by atoms with van der Waals surface area (Å²) in [6, 6.07) is 0. The smallest absolute Gasteiger partial charge is 0.408 e. The van der Waals surface area contributed by atoms with Crippen LogP contribution in [0.15, 0.2) is 0 Å². The molecular weight excluding hydrogens is 342 g/mol. The van der Waals surface area contributed by atoms with Gasteiger partial charge in [-0.25, -0.2) is 4.79 Å². The average Bonchev–Trinajstić information content (AvgIpc) is 2.61. The summed E-state index contributed by atoms with van der Waals surface area (Å²) >= 11 is 0. The van der Waals surface area contributed by atoms with Gasteiger partial charge in [-0.05, 0) is 59.3 Å². The Morgan fingerprint density at radius 1 is 0.889 bits per heavy atom. The zero-order chi connectivity index (χ0) is 20.6. The van der Waals surface area contributed by atoms with Crippen LogP contribution in [0.4, 0.5) is 4.79 Å². The molecule has 2 aliphatic rings. The third kappa shape index (κ3) is 7.71. The fourth-order valence-electron chi connectivity index (χ4n) is 4.26. The second kappa shape index (κ2) is 10.3. The fraction of sp³-hybridized carbons (Fsp3) is 0.909. The molecule has 2 N–H and O–H groups in total. The Labute approximate surface area is 165 Å². The van der Waals surface area contributed by atoms with Crippen LogP contribution >= 0.6 is 0 Å². The number of ether oxygens (including phenoxy) is 1. The lowest BCUT2D eigenvalue weighted by atomic mass is 9.72. The van der Waals surface area contributed by atoms with Crippen molar-refractivity contribution >= 4 is 12.1 Å². The number of carbonyl (C=O) groups is 2. The minimum Gasteiger partial charge on any atom is -0.481 e. The number of hydrogen-bond donors (Lipinski definition) is 2. The molecule has 27 heavy (non-hydrogen) atoms. The number of nitrogens with one attached hydrogen (secondary N) is 1. The number of amides is 1. The van der Waals surface area contributed by atoms with E-state index in [0.29, 0.717) is 0 Å². The quantitative estimate of drug-likeness (QED) is 0.619. The van der Waals surface area contributed by atoms with Crippen LogP contribution in [0, 0.1) is 5.41 Å². The summed E-state index contributed by atoms with van der Waals surface area (Å²) in [6.45, 7) is 9.81. The lowest BCUT2D eigenvalue weighted by Gasteiger charge is -2.37. The minimum absolute atomic E-state index is 0.0133. The number of carbonyl (C=O) groups excluding carboxylic acids is 1. The van der Waals surface area contributed by atoms with Gasteiger partial charge in [0.25, 0.3) is 0 Å². The van der Waals surface area contributed by atoms with Gasteiger partial charge in [-0.2, -0.15) is 0 Å². The zero-order valence-electron chi connectivity index (χ0n) is 18.2. The maximum absolute atomic E-state index is 11.8. The van der Waals surface area contributed by atoms with Crippen molar-refractivity contribution in [1.82, 2.24) is 5.32 Å². The molecule has 0 saturated heterocycles. The molecule has 5 nitrogen and oxygen atoms in total. The van der Waals surface area contributed by atoms with Crippen molar-refractivity contribution < 1.29 is 19.4 Å². The number of rotatable bonds is 4. The molecule has 2 aliphatic carbocycles. The summed E-state index contributed by atoms with van der Waals surface area (Å²) in [7, 11) is 0. The molecule has 0 spiro atoms. The average molecular weight is 384 g/mol. The van der Waals surface area contributed by atoms with Gasteiger partial charge in [-0.3, -0.25) is 4.79 Å². The topological polar surface area (TPSA) is 75.6 Å². The van der Waals surface area contributed by atoms with Gasteiger partial charge in [0.1, 0.15) is 5.60 Å². The van der Waals surface area contributed by atoms with E-state index in [1.54, 1.807) is 0 Å². The standard InChI is InChI=1S/C13H25NO2.C9H16O2/c1-5-13(9-7-6-8-10-13)14-11(15)16-12(2,3)4;1-2-9(8(10)11)6-4-3-5-7-9/h5-10H2,1-4H3,(H,14,15);2-7H2,1H3,(H,10,11). The summed E-state index contributed by atoms with van der Waals surface area (Å²) in [6.07, 6.45) is 12.6. The third-order valence-corrected chi connectivity index (χ3v) is 6.19. The second-order valence-corrected chi connectivity index (χ2v) is 9.32. The lowest BCUT2D eigenvalue weighted by molar-refractivity contribution is -0.151. The first kappa shape index (κ1) is 23.8. The summed E-state index contributed by atoms with van der Waals surface area (Å²) < 4.78 is 5.32. The van der Waals surface area contributed by atoms with Gasteiger partial charge in [0.15, 0.2) is 0 Å². The first-order chi connectivity index (χ1) is 12.6. The summed E-state index contributed by atoms with van der Waals surface area (Å²) in [5.41, 5.74) is -0.785. The molecule has 0 atom stereocenters. The van der Waals surface area contributed by atoms with Gasteiger partial charge in [0.05, 0.1) is 5.41 Å². The predicted octanol–water partition coefficient (Wildman–Crippen LogP) is 6.06. The van der Waals surface area contributed by atoms with Crippen molar-refractivity contribution in [3.8, 4) is 0 Å². The number of hydrogen-bond acceptors (Lipinski definition) is 3.